The second kappa shape index (κ2) is 12.5. The number of nitrogens with one attached hydrogen (secondary N) is 1. The molecule has 0 aromatic heterocycles. The lowest BCUT2D eigenvalue weighted by Crippen LogP contribution is -2.62. The molecule has 2 aromatic rings. The molecule has 246 valence electrons. The fraction of sp³-hybridized carbons (Fsp3) is 0.588. The first-order valence-electron chi connectivity index (χ1n) is 15.6. The lowest BCUT2D eigenvalue weighted by molar-refractivity contribution is -0.183. The van der Waals surface area contributed by atoms with Crippen molar-refractivity contribution >= 4 is 17.6 Å². The van der Waals surface area contributed by atoms with E-state index < -0.39 is 42.6 Å². The van der Waals surface area contributed by atoms with Gasteiger partial charge in [0.15, 0.2) is 0 Å². The number of carbonyl (C=O) groups excluding carboxylic acids is 1. The van der Waals surface area contributed by atoms with Gasteiger partial charge < -0.3 is 30.3 Å². The molecule has 0 spiro atoms. The number of nitrogens with zero attached hydrogens (tertiary/aromatic N) is 2. The summed E-state index contributed by atoms with van der Waals surface area (Å²) in [6.07, 6.45) is 0.200. The Labute approximate surface area is 264 Å². The molecule has 0 radical (unpaired) electrons. The van der Waals surface area contributed by atoms with Gasteiger partial charge in [0.1, 0.15) is 23.7 Å². The fourth-order valence-electron chi connectivity index (χ4n) is 8.02. The van der Waals surface area contributed by atoms with Crippen molar-refractivity contribution in [1.82, 2.24) is 10.4 Å². The van der Waals surface area contributed by atoms with Crippen molar-refractivity contribution in [3.63, 3.8) is 0 Å². The average Bonchev–Trinajstić information content (AvgIpc) is 3.35. The maximum Gasteiger partial charge on any atom is 0.335 e. The monoisotopic (exact) mass is 627 g/mol. The third kappa shape index (κ3) is 6.03. The highest BCUT2D eigenvalue weighted by Gasteiger charge is 2.57. The van der Waals surface area contributed by atoms with Gasteiger partial charge in [0, 0.05) is 42.9 Å². The summed E-state index contributed by atoms with van der Waals surface area (Å²) in [6, 6.07) is 6.32. The van der Waals surface area contributed by atoms with E-state index in [0.717, 1.165) is 12.8 Å². The molecule has 11 heteroatoms. The van der Waals surface area contributed by atoms with Crippen molar-refractivity contribution in [3.05, 3.63) is 47.3 Å². The van der Waals surface area contributed by atoms with Gasteiger partial charge in [-0.1, -0.05) is 20.8 Å². The molecular weight excluding hydrogens is 581 g/mol. The van der Waals surface area contributed by atoms with E-state index in [2.05, 4.69) is 26.1 Å². The molecule has 4 fully saturated rings. The molecule has 6 rings (SSSR count). The summed E-state index contributed by atoms with van der Waals surface area (Å²) in [5.74, 6) is -1.15. The van der Waals surface area contributed by atoms with Crippen molar-refractivity contribution in [2.24, 2.45) is 29.1 Å². The van der Waals surface area contributed by atoms with E-state index in [4.69, 9.17) is 9.57 Å². The number of hydrogen-bond donors (Lipinski definition) is 4. The first-order valence-corrected chi connectivity index (χ1v) is 15.6. The van der Waals surface area contributed by atoms with Gasteiger partial charge in [-0.2, -0.15) is 5.06 Å². The third-order valence-electron chi connectivity index (χ3n) is 10.7. The number of halogens is 1. The summed E-state index contributed by atoms with van der Waals surface area (Å²) in [7, 11) is 5.00. The van der Waals surface area contributed by atoms with Crippen LogP contribution in [0.2, 0.25) is 0 Å². The number of aliphatic hydroxyl groups is 2. The maximum absolute atomic E-state index is 15.3. The molecule has 2 aromatic carbocycles. The zero-order chi connectivity index (χ0) is 33.0. The molecule has 1 saturated heterocycles. The van der Waals surface area contributed by atoms with E-state index in [-0.39, 0.29) is 41.1 Å². The van der Waals surface area contributed by atoms with E-state index in [9.17, 15) is 24.9 Å². The van der Waals surface area contributed by atoms with Gasteiger partial charge in [-0.05, 0) is 78.8 Å². The third-order valence-corrected chi connectivity index (χ3v) is 10.7. The molecule has 0 unspecified atom stereocenters. The van der Waals surface area contributed by atoms with Crippen LogP contribution in [0.1, 0.15) is 56.5 Å². The number of fused-ring (bicyclic) bond motifs is 2. The number of carbonyl (C=O) groups is 2. The Balaban J connectivity index is 1.49. The van der Waals surface area contributed by atoms with Crippen molar-refractivity contribution in [2.75, 3.05) is 32.7 Å². The largest absolute Gasteiger partial charge is 0.496 e. The van der Waals surface area contributed by atoms with Gasteiger partial charge in [-0.25, -0.2) is 9.18 Å². The number of hydroxylamine groups is 2. The maximum atomic E-state index is 15.3. The number of ether oxygens (including phenoxy) is 1. The zero-order valence-electron chi connectivity index (χ0n) is 27.1. The second-order valence-electron chi connectivity index (χ2n) is 13.8. The van der Waals surface area contributed by atoms with Crippen molar-refractivity contribution in [2.45, 2.75) is 71.4 Å². The molecule has 2 bridgehead atoms. The number of aliphatic hydroxyl groups excluding tert-OH is 2. The summed E-state index contributed by atoms with van der Waals surface area (Å²) in [4.78, 5) is 33.8. The van der Waals surface area contributed by atoms with Crippen LogP contribution < -0.4 is 15.0 Å². The molecule has 3 saturated carbocycles. The number of amides is 1. The smallest absolute Gasteiger partial charge is 0.335 e. The molecule has 4 aliphatic rings. The lowest BCUT2D eigenvalue weighted by Gasteiger charge is -2.62. The van der Waals surface area contributed by atoms with E-state index in [1.807, 2.05) is 0 Å². The average molecular weight is 628 g/mol. The first kappa shape index (κ1) is 33.1. The van der Waals surface area contributed by atoms with Crippen molar-refractivity contribution < 1.29 is 38.9 Å². The van der Waals surface area contributed by atoms with Crippen molar-refractivity contribution in [1.29, 1.82) is 0 Å². The Morgan fingerprint density at radius 2 is 1.91 bits per heavy atom. The number of hydrogen-bond acceptors (Lipinski definition) is 8. The predicted molar refractivity (Wildman–Crippen MR) is 167 cm³/mol. The number of benzene rings is 2. The normalized spacial score (nSPS) is 29.5. The van der Waals surface area contributed by atoms with Gasteiger partial charge in [0.2, 0.25) is 5.91 Å². The number of aromatic carboxylic acids is 1. The SMILES string of the molecule is COc1c(CN2O[C@@H](CO)[C@@H]([C@H](C)O)[C@H]2C(=O)N[C@H]2C[C@H]3C[C@@H]([C@@H]2C)C3(C)C)cc(F)cc1-c1cc(C(=O)O)cc(N(C)C)c1. The fourth-order valence-corrected chi connectivity index (χ4v) is 8.02. The Morgan fingerprint density at radius 3 is 2.47 bits per heavy atom. The van der Waals surface area contributed by atoms with Crippen LogP contribution >= 0.6 is 0 Å². The quantitative estimate of drug-likeness (QED) is 0.310. The lowest BCUT2D eigenvalue weighted by atomic mass is 9.45. The molecule has 10 nitrogen and oxygen atoms in total. The summed E-state index contributed by atoms with van der Waals surface area (Å²) < 4.78 is 21.1. The number of methoxy groups -OCH3 is 1. The Kier molecular flexibility index (Phi) is 9.21. The minimum Gasteiger partial charge on any atom is -0.496 e. The summed E-state index contributed by atoms with van der Waals surface area (Å²) in [6.45, 7) is 7.82. The highest BCUT2D eigenvalue weighted by molar-refractivity contribution is 5.92. The standard InChI is InChI=1S/C34H46FN3O7/c1-17-26-12-22(34(26,3)4)13-27(17)36-32(41)30-29(18(2)40)28(16-39)45-38(30)15-21-9-23(35)14-25(31(21)44-7)19-8-20(33(42)43)11-24(10-19)37(5)6/h8-11,14,17-18,22,26-30,39-40H,12-13,15-16H2,1-7H3,(H,36,41)(H,42,43)/t17-,18-,22+,26-,27-,28-,29+,30-/m0/s1. The van der Waals surface area contributed by atoms with E-state index >= 15 is 4.39 Å². The van der Waals surface area contributed by atoms with Crippen LogP contribution in [-0.4, -0.2) is 84.4 Å². The summed E-state index contributed by atoms with van der Waals surface area (Å²) >= 11 is 0. The van der Waals surface area contributed by atoms with Crippen LogP contribution in [0.3, 0.4) is 0 Å². The second-order valence-corrected chi connectivity index (χ2v) is 13.8. The minimum atomic E-state index is -1.12. The molecule has 8 atom stereocenters. The van der Waals surface area contributed by atoms with Crippen LogP contribution in [0.25, 0.3) is 11.1 Å². The van der Waals surface area contributed by atoms with Crippen LogP contribution in [-0.2, 0) is 16.2 Å². The zero-order valence-corrected chi connectivity index (χ0v) is 27.1. The predicted octanol–water partition coefficient (Wildman–Crippen LogP) is 3.93. The topological polar surface area (TPSA) is 132 Å². The van der Waals surface area contributed by atoms with Crippen LogP contribution in [0.4, 0.5) is 10.1 Å². The van der Waals surface area contributed by atoms with Crippen molar-refractivity contribution in [3.8, 4) is 16.9 Å². The van der Waals surface area contributed by atoms with Crippen LogP contribution in [0, 0.1) is 34.9 Å². The van der Waals surface area contributed by atoms with Crippen LogP contribution in [0.15, 0.2) is 30.3 Å². The van der Waals surface area contributed by atoms with Gasteiger partial charge >= 0.3 is 5.97 Å². The molecule has 1 heterocycles. The summed E-state index contributed by atoms with van der Waals surface area (Å²) in [5, 5.41) is 35.3. The summed E-state index contributed by atoms with van der Waals surface area (Å²) in [5.41, 5.74) is 2.02. The van der Waals surface area contributed by atoms with Gasteiger partial charge in [0.25, 0.3) is 0 Å². The van der Waals surface area contributed by atoms with E-state index in [1.165, 1.54) is 36.4 Å². The van der Waals surface area contributed by atoms with E-state index in [1.54, 1.807) is 32.0 Å². The number of rotatable bonds is 10. The van der Waals surface area contributed by atoms with Gasteiger partial charge in [-0.15, -0.1) is 0 Å². The molecular formula is C34H46FN3O7. The molecule has 4 N–H and O–H groups in total. The number of carboxylic acids is 1. The van der Waals surface area contributed by atoms with Gasteiger partial charge in [0.05, 0.1) is 31.9 Å². The minimum absolute atomic E-state index is 0.0262. The Bertz CT molecular complexity index is 1450. The molecule has 3 aliphatic carbocycles. The number of anilines is 1. The Morgan fingerprint density at radius 1 is 1.20 bits per heavy atom. The highest BCUT2D eigenvalue weighted by Crippen LogP contribution is 2.61. The number of carboxylic acid groups (broad SMARTS) is 1. The van der Waals surface area contributed by atoms with Crippen LogP contribution in [0.5, 0.6) is 5.75 Å². The van der Waals surface area contributed by atoms with E-state index in [0.29, 0.717) is 34.2 Å². The highest BCUT2D eigenvalue weighted by atomic mass is 19.1. The molecule has 1 aliphatic heterocycles. The first-order chi connectivity index (χ1) is 21.2. The molecule has 1 amide bonds. The Hall–Kier alpha value is -3.25. The molecule has 45 heavy (non-hydrogen) atoms. The van der Waals surface area contributed by atoms with Gasteiger partial charge in [-0.3, -0.25) is 9.63 Å².